The van der Waals surface area contributed by atoms with Crippen LogP contribution in [0.25, 0.3) is 0 Å². The van der Waals surface area contributed by atoms with Gasteiger partial charge in [0.2, 0.25) is 0 Å². The van der Waals surface area contributed by atoms with Crippen LogP contribution in [-0.4, -0.2) is 44.1 Å². The molecule has 0 spiro atoms. The highest BCUT2D eigenvalue weighted by atomic mass is 16.5. The summed E-state index contributed by atoms with van der Waals surface area (Å²) in [5, 5.41) is 11.8. The average Bonchev–Trinajstić information content (AvgIpc) is 2.89. The Balaban J connectivity index is 1.74. The number of nitriles is 1. The summed E-state index contributed by atoms with van der Waals surface area (Å²) in [5.41, 5.74) is 0.442. The molecule has 106 valence electrons. The number of likely N-dealkylation sites (tertiary alicyclic amines) is 1. The summed E-state index contributed by atoms with van der Waals surface area (Å²) in [6.07, 6.45) is 1.12. The summed E-state index contributed by atoms with van der Waals surface area (Å²) < 4.78 is 5.38. The molecule has 0 saturated carbocycles. The number of hydrogen-bond donors (Lipinski definition) is 1. The highest BCUT2D eigenvalue weighted by molar-refractivity contribution is 5.77. The van der Waals surface area contributed by atoms with Gasteiger partial charge in [-0.15, -0.1) is 0 Å². The molecular formula is C15H19N3O2. The number of para-hydroxylation sites is 1. The van der Waals surface area contributed by atoms with Crippen molar-refractivity contribution in [3.05, 3.63) is 29.8 Å². The van der Waals surface area contributed by atoms with Gasteiger partial charge in [-0.05, 0) is 38.1 Å². The molecule has 5 nitrogen and oxygen atoms in total. The summed E-state index contributed by atoms with van der Waals surface area (Å²) >= 11 is 0. The normalized spacial score (nSPS) is 18.5. The highest BCUT2D eigenvalue weighted by Gasteiger charge is 2.19. The second-order valence-corrected chi connectivity index (χ2v) is 5.12. The first kappa shape index (κ1) is 14.4. The number of nitrogens with one attached hydrogen (secondary N) is 1. The number of hydrogen-bond acceptors (Lipinski definition) is 4. The minimum absolute atomic E-state index is 0.0543. The van der Waals surface area contributed by atoms with E-state index in [-0.39, 0.29) is 12.5 Å². The molecule has 1 fully saturated rings. The quantitative estimate of drug-likeness (QED) is 0.869. The highest BCUT2D eigenvalue weighted by Crippen LogP contribution is 2.16. The summed E-state index contributed by atoms with van der Waals surface area (Å²) in [4.78, 5) is 14.0. The van der Waals surface area contributed by atoms with Crippen LogP contribution >= 0.6 is 0 Å². The number of nitrogens with zero attached hydrogens (tertiary/aromatic N) is 2. The summed E-state index contributed by atoms with van der Waals surface area (Å²) in [5.74, 6) is 0.827. The molecule has 1 amide bonds. The molecule has 0 bridgehead atoms. The van der Waals surface area contributed by atoms with E-state index in [0.29, 0.717) is 23.8 Å². The van der Waals surface area contributed by atoms with Gasteiger partial charge in [0.05, 0.1) is 5.56 Å². The van der Waals surface area contributed by atoms with Crippen LogP contribution < -0.4 is 10.1 Å². The van der Waals surface area contributed by atoms with Crippen molar-refractivity contribution in [1.82, 2.24) is 10.2 Å². The Labute approximate surface area is 119 Å². The number of carbonyl (C=O) groups excluding carboxylic acids is 1. The van der Waals surface area contributed by atoms with E-state index in [9.17, 15) is 4.79 Å². The fourth-order valence-electron chi connectivity index (χ4n) is 2.33. The molecule has 0 radical (unpaired) electrons. The van der Waals surface area contributed by atoms with E-state index < -0.39 is 0 Å². The Morgan fingerprint density at radius 1 is 1.55 bits per heavy atom. The van der Waals surface area contributed by atoms with Crippen LogP contribution in [0.2, 0.25) is 0 Å². The summed E-state index contributed by atoms with van der Waals surface area (Å²) in [6, 6.07) is 8.95. The van der Waals surface area contributed by atoms with Gasteiger partial charge in [-0.2, -0.15) is 5.26 Å². The molecule has 20 heavy (non-hydrogen) atoms. The molecule has 1 aromatic rings. The first-order chi connectivity index (χ1) is 9.69. The molecular weight excluding hydrogens is 254 g/mol. The fraction of sp³-hybridized carbons (Fsp3) is 0.467. The predicted molar refractivity (Wildman–Crippen MR) is 75.3 cm³/mol. The fourth-order valence-corrected chi connectivity index (χ4v) is 2.33. The molecule has 1 heterocycles. The standard InChI is InChI=1S/C15H19N3O2/c1-18-7-6-12(10-18)9-17-15(19)11-20-14-5-3-2-4-13(14)8-16/h2-5,12H,6-7,9-11H2,1H3,(H,17,19). The second kappa shape index (κ2) is 6.92. The van der Waals surface area contributed by atoms with E-state index in [1.807, 2.05) is 6.07 Å². The van der Waals surface area contributed by atoms with Gasteiger partial charge in [0.1, 0.15) is 11.8 Å². The van der Waals surface area contributed by atoms with Crippen molar-refractivity contribution in [2.45, 2.75) is 6.42 Å². The van der Waals surface area contributed by atoms with Crippen molar-refractivity contribution >= 4 is 5.91 Å². The lowest BCUT2D eigenvalue weighted by Crippen LogP contribution is -2.34. The van der Waals surface area contributed by atoms with E-state index in [1.165, 1.54) is 0 Å². The van der Waals surface area contributed by atoms with Gasteiger partial charge in [-0.3, -0.25) is 4.79 Å². The second-order valence-electron chi connectivity index (χ2n) is 5.12. The average molecular weight is 273 g/mol. The third kappa shape index (κ3) is 3.97. The smallest absolute Gasteiger partial charge is 0.257 e. The van der Waals surface area contributed by atoms with Crippen molar-refractivity contribution in [3.63, 3.8) is 0 Å². The number of carbonyl (C=O) groups is 1. The van der Waals surface area contributed by atoms with E-state index in [2.05, 4.69) is 17.3 Å². The van der Waals surface area contributed by atoms with E-state index in [1.54, 1.807) is 24.3 Å². The Bertz CT molecular complexity index is 510. The van der Waals surface area contributed by atoms with Crippen molar-refractivity contribution in [2.24, 2.45) is 5.92 Å². The molecule has 1 N–H and O–H groups in total. The van der Waals surface area contributed by atoms with Gasteiger partial charge >= 0.3 is 0 Å². The molecule has 1 atom stereocenters. The zero-order valence-corrected chi connectivity index (χ0v) is 11.6. The lowest BCUT2D eigenvalue weighted by Gasteiger charge is -2.12. The number of ether oxygens (including phenoxy) is 1. The van der Waals surface area contributed by atoms with Gasteiger partial charge in [-0.25, -0.2) is 0 Å². The Hall–Kier alpha value is -2.06. The Kier molecular flexibility index (Phi) is 4.97. The minimum atomic E-state index is -0.146. The zero-order valence-electron chi connectivity index (χ0n) is 11.6. The van der Waals surface area contributed by atoms with Crippen LogP contribution in [0.1, 0.15) is 12.0 Å². The van der Waals surface area contributed by atoms with Gasteiger partial charge in [0, 0.05) is 13.1 Å². The summed E-state index contributed by atoms with van der Waals surface area (Å²) in [6.45, 7) is 2.75. The van der Waals surface area contributed by atoms with Crippen LogP contribution in [-0.2, 0) is 4.79 Å². The number of amides is 1. The monoisotopic (exact) mass is 273 g/mol. The third-order valence-corrected chi connectivity index (χ3v) is 3.44. The van der Waals surface area contributed by atoms with Crippen LogP contribution in [0.5, 0.6) is 5.75 Å². The van der Waals surface area contributed by atoms with Crippen molar-refractivity contribution < 1.29 is 9.53 Å². The zero-order chi connectivity index (χ0) is 14.4. The lowest BCUT2D eigenvalue weighted by molar-refractivity contribution is -0.123. The van der Waals surface area contributed by atoms with Gasteiger partial charge in [-0.1, -0.05) is 12.1 Å². The molecule has 2 rings (SSSR count). The molecule has 0 aromatic heterocycles. The van der Waals surface area contributed by atoms with Gasteiger partial charge < -0.3 is 15.0 Å². The molecule has 1 unspecified atom stereocenters. The SMILES string of the molecule is CN1CCC(CNC(=O)COc2ccccc2C#N)C1. The van der Waals surface area contributed by atoms with Crippen LogP contribution in [0.15, 0.2) is 24.3 Å². The Morgan fingerprint density at radius 3 is 3.05 bits per heavy atom. The van der Waals surface area contributed by atoms with Gasteiger partial charge in [0.15, 0.2) is 6.61 Å². The number of rotatable bonds is 5. The largest absolute Gasteiger partial charge is 0.482 e. The van der Waals surface area contributed by atoms with Crippen LogP contribution in [0.3, 0.4) is 0 Å². The molecule has 1 aromatic carbocycles. The topological polar surface area (TPSA) is 65.4 Å². The molecule has 5 heteroatoms. The van der Waals surface area contributed by atoms with E-state index in [4.69, 9.17) is 10.00 Å². The molecule has 0 aliphatic carbocycles. The first-order valence-corrected chi connectivity index (χ1v) is 6.76. The number of benzene rings is 1. The van der Waals surface area contributed by atoms with Crippen molar-refractivity contribution in [2.75, 3.05) is 33.3 Å². The van der Waals surface area contributed by atoms with E-state index >= 15 is 0 Å². The maximum atomic E-state index is 11.7. The Morgan fingerprint density at radius 2 is 2.35 bits per heavy atom. The molecule has 1 saturated heterocycles. The first-order valence-electron chi connectivity index (χ1n) is 6.76. The van der Waals surface area contributed by atoms with Crippen LogP contribution in [0.4, 0.5) is 0 Å². The van der Waals surface area contributed by atoms with E-state index in [0.717, 1.165) is 19.5 Å². The lowest BCUT2D eigenvalue weighted by atomic mass is 10.1. The maximum Gasteiger partial charge on any atom is 0.257 e. The third-order valence-electron chi connectivity index (χ3n) is 3.44. The van der Waals surface area contributed by atoms with Crippen molar-refractivity contribution in [3.8, 4) is 11.8 Å². The summed E-state index contributed by atoms with van der Waals surface area (Å²) in [7, 11) is 2.09. The van der Waals surface area contributed by atoms with Crippen molar-refractivity contribution in [1.29, 1.82) is 5.26 Å². The van der Waals surface area contributed by atoms with Crippen LogP contribution in [0, 0.1) is 17.2 Å². The molecule has 1 aliphatic heterocycles. The maximum absolute atomic E-state index is 11.7. The molecule has 1 aliphatic rings. The predicted octanol–water partition coefficient (Wildman–Crippen LogP) is 1.00. The van der Waals surface area contributed by atoms with Gasteiger partial charge in [0.25, 0.3) is 5.91 Å². The minimum Gasteiger partial charge on any atom is -0.482 e.